The molecule has 1 aromatic rings. The van der Waals surface area contributed by atoms with Crippen molar-refractivity contribution in [3.63, 3.8) is 0 Å². The first kappa shape index (κ1) is 15.8. The van der Waals surface area contributed by atoms with Crippen LogP contribution in [-0.4, -0.2) is 33.4 Å². The molecule has 114 valence electrons. The van der Waals surface area contributed by atoms with Gasteiger partial charge in [0, 0.05) is 13.2 Å². The molecule has 1 atom stereocenters. The monoisotopic (exact) mass is 308 g/mol. The number of hydrogen-bond donors (Lipinski definition) is 0. The zero-order valence-corrected chi connectivity index (χ0v) is 12.8. The van der Waals surface area contributed by atoms with Crippen LogP contribution in [0.3, 0.4) is 0 Å². The van der Waals surface area contributed by atoms with Crippen molar-refractivity contribution in [1.82, 2.24) is 0 Å². The fourth-order valence-corrected chi connectivity index (χ4v) is 4.16. The molecular formula is C15H20N2O3S. The van der Waals surface area contributed by atoms with E-state index in [1.165, 1.54) is 4.31 Å². The Morgan fingerprint density at radius 3 is 2.67 bits per heavy atom. The number of benzene rings is 1. The van der Waals surface area contributed by atoms with E-state index in [-0.39, 0.29) is 24.8 Å². The summed E-state index contributed by atoms with van der Waals surface area (Å²) in [6, 6.07) is 10.9. The molecule has 2 rings (SSSR count). The van der Waals surface area contributed by atoms with Crippen LogP contribution >= 0.6 is 0 Å². The van der Waals surface area contributed by atoms with Gasteiger partial charge in [-0.05, 0) is 31.4 Å². The summed E-state index contributed by atoms with van der Waals surface area (Å²) in [5.41, 5.74) is 0.601. The third-order valence-corrected chi connectivity index (χ3v) is 5.34. The van der Waals surface area contributed by atoms with Crippen molar-refractivity contribution >= 4 is 15.7 Å². The van der Waals surface area contributed by atoms with Crippen LogP contribution in [0.4, 0.5) is 5.69 Å². The van der Waals surface area contributed by atoms with Crippen LogP contribution in [0.5, 0.6) is 0 Å². The van der Waals surface area contributed by atoms with E-state index in [0.717, 1.165) is 19.3 Å². The van der Waals surface area contributed by atoms with E-state index < -0.39 is 10.0 Å². The van der Waals surface area contributed by atoms with Crippen LogP contribution in [0.15, 0.2) is 30.3 Å². The van der Waals surface area contributed by atoms with Crippen molar-refractivity contribution in [1.29, 1.82) is 5.26 Å². The quantitative estimate of drug-likeness (QED) is 0.808. The van der Waals surface area contributed by atoms with Gasteiger partial charge in [-0.2, -0.15) is 5.26 Å². The van der Waals surface area contributed by atoms with Gasteiger partial charge in [0.1, 0.15) is 0 Å². The highest BCUT2D eigenvalue weighted by atomic mass is 32.2. The minimum atomic E-state index is -3.49. The number of rotatable bonds is 6. The van der Waals surface area contributed by atoms with Gasteiger partial charge in [-0.15, -0.1) is 0 Å². The molecule has 0 saturated carbocycles. The maximum absolute atomic E-state index is 12.6. The Morgan fingerprint density at radius 2 is 2.05 bits per heavy atom. The molecule has 0 amide bonds. The van der Waals surface area contributed by atoms with Crippen molar-refractivity contribution in [3.05, 3.63) is 30.3 Å². The third-order valence-electron chi connectivity index (χ3n) is 3.48. The number of nitrogens with zero attached hydrogens (tertiary/aromatic N) is 2. The van der Waals surface area contributed by atoms with Crippen molar-refractivity contribution < 1.29 is 13.2 Å². The SMILES string of the molecule is N#CCCN(c1ccccc1)S(=O)(=O)C[C@@H]1CCCCO1. The molecular weight excluding hydrogens is 288 g/mol. The normalized spacial score (nSPS) is 18.9. The summed E-state index contributed by atoms with van der Waals surface area (Å²) < 4.78 is 32.1. The topological polar surface area (TPSA) is 70.4 Å². The summed E-state index contributed by atoms with van der Waals surface area (Å²) in [5, 5.41) is 8.75. The maximum Gasteiger partial charge on any atom is 0.237 e. The number of nitriles is 1. The molecule has 0 N–H and O–H groups in total. The lowest BCUT2D eigenvalue weighted by Gasteiger charge is -2.28. The predicted molar refractivity (Wildman–Crippen MR) is 81.4 cm³/mol. The highest BCUT2D eigenvalue weighted by Crippen LogP contribution is 2.21. The van der Waals surface area contributed by atoms with E-state index in [4.69, 9.17) is 10.00 Å². The fourth-order valence-electron chi connectivity index (χ4n) is 2.44. The first-order chi connectivity index (χ1) is 10.1. The first-order valence-corrected chi connectivity index (χ1v) is 8.78. The zero-order valence-electron chi connectivity index (χ0n) is 11.9. The highest BCUT2D eigenvalue weighted by Gasteiger charge is 2.27. The number of ether oxygens (including phenoxy) is 1. The van der Waals surface area contributed by atoms with Crippen LogP contribution in [0.1, 0.15) is 25.7 Å². The van der Waals surface area contributed by atoms with E-state index in [1.54, 1.807) is 24.3 Å². The third kappa shape index (κ3) is 4.45. The zero-order chi connectivity index (χ0) is 15.1. The Bertz CT molecular complexity index is 575. The Morgan fingerprint density at radius 1 is 1.29 bits per heavy atom. The van der Waals surface area contributed by atoms with Gasteiger partial charge in [0.25, 0.3) is 0 Å². The molecule has 5 nitrogen and oxygen atoms in total. The molecule has 1 heterocycles. The lowest BCUT2D eigenvalue weighted by molar-refractivity contribution is 0.0305. The molecule has 1 aromatic carbocycles. The van der Waals surface area contributed by atoms with Crippen molar-refractivity contribution in [2.75, 3.05) is 23.2 Å². The molecule has 6 heteroatoms. The fraction of sp³-hybridized carbons (Fsp3) is 0.533. The second kappa shape index (κ2) is 7.43. The number of sulfonamides is 1. The van der Waals surface area contributed by atoms with E-state index in [1.807, 2.05) is 12.1 Å². The van der Waals surface area contributed by atoms with Gasteiger partial charge in [-0.1, -0.05) is 18.2 Å². The van der Waals surface area contributed by atoms with Crippen LogP contribution in [-0.2, 0) is 14.8 Å². The van der Waals surface area contributed by atoms with Gasteiger partial charge in [0.15, 0.2) is 0 Å². The minimum absolute atomic E-state index is 0.0205. The Balaban J connectivity index is 2.16. The molecule has 0 bridgehead atoms. The summed E-state index contributed by atoms with van der Waals surface area (Å²) >= 11 is 0. The average molecular weight is 308 g/mol. The summed E-state index contributed by atoms with van der Waals surface area (Å²) in [5.74, 6) is -0.0205. The molecule has 1 fully saturated rings. The Labute approximate surface area is 126 Å². The van der Waals surface area contributed by atoms with Crippen LogP contribution in [0.2, 0.25) is 0 Å². The van der Waals surface area contributed by atoms with E-state index >= 15 is 0 Å². The van der Waals surface area contributed by atoms with Crippen LogP contribution in [0, 0.1) is 11.3 Å². The van der Waals surface area contributed by atoms with Gasteiger partial charge in [0.2, 0.25) is 10.0 Å². The van der Waals surface area contributed by atoms with Gasteiger partial charge in [-0.3, -0.25) is 4.31 Å². The lowest BCUT2D eigenvalue weighted by atomic mass is 10.1. The molecule has 1 aliphatic rings. The van der Waals surface area contributed by atoms with E-state index in [9.17, 15) is 8.42 Å². The number of para-hydroxylation sites is 1. The second-order valence-electron chi connectivity index (χ2n) is 5.08. The summed E-state index contributed by atoms with van der Waals surface area (Å²) in [6.07, 6.45) is 2.70. The molecule has 0 aromatic heterocycles. The summed E-state index contributed by atoms with van der Waals surface area (Å²) in [7, 11) is -3.49. The molecule has 0 radical (unpaired) electrons. The van der Waals surface area contributed by atoms with Gasteiger partial charge in [-0.25, -0.2) is 8.42 Å². The van der Waals surface area contributed by atoms with E-state index in [2.05, 4.69) is 0 Å². The van der Waals surface area contributed by atoms with Gasteiger partial charge in [0.05, 0.1) is 30.0 Å². The maximum atomic E-state index is 12.6. The molecule has 0 unspecified atom stereocenters. The largest absolute Gasteiger partial charge is 0.377 e. The standard InChI is InChI=1S/C15H20N2O3S/c16-10-6-11-17(14-7-2-1-3-8-14)21(18,19)13-15-9-4-5-12-20-15/h1-3,7-8,15H,4-6,9,11-13H2/t15-/m0/s1. The second-order valence-corrected chi connectivity index (χ2v) is 7.02. The van der Waals surface area contributed by atoms with Crippen LogP contribution in [0.25, 0.3) is 0 Å². The Kier molecular flexibility index (Phi) is 5.59. The number of hydrogen-bond acceptors (Lipinski definition) is 4. The van der Waals surface area contributed by atoms with Crippen molar-refractivity contribution in [2.24, 2.45) is 0 Å². The summed E-state index contributed by atoms with van der Waals surface area (Å²) in [6.45, 7) is 0.805. The van der Waals surface area contributed by atoms with Crippen molar-refractivity contribution in [3.8, 4) is 6.07 Å². The lowest BCUT2D eigenvalue weighted by Crippen LogP contribution is -2.39. The molecule has 1 aliphatic heterocycles. The molecule has 0 aliphatic carbocycles. The van der Waals surface area contributed by atoms with Crippen LogP contribution < -0.4 is 4.31 Å². The predicted octanol–water partition coefficient (Wildman–Crippen LogP) is 2.31. The van der Waals surface area contributed by atoms with Gasteiger partial charge >= 0.3 is 0 Å². The van der Waals surface area contributed by atoms with E-state index in [0.29, 0.717) is 12.3 Å². The average Bonchev–Trinajstić information content (AvgIpc) is 2.49. The molecule has 0 spiro atoms. The molecule has 21 heavy (non-hydrogen) atoms. The first-order valence-electron chi connectivity index (χ1n) is 7.17. The molecule has 1 saturated heterocycles. The summed E-state index contributed by atoms with van der Waals surface area (Å²) in [4.78, 5) is 0. The highest BCUT2D eigenvalue weighted by molar-refractivity contribution is 7.92. The van der Waals surface area contributed by atoms with Gasteiger partial charge < -0.3 is 4.74 Å². The Hall–Kier alpha value is -1.58. The number of anilines is 1. The smallest absolute Gasteiger partial charge is 0.237 e. The minimum Gasteiger partial charge on any atom is -0.377 e. The van der Waals surface area contributed by atoms with Crippen molar-refractivity contribution in [2.45, 2.75) is 31.8 Å².